The Hall–Kier alpha value is -0.920. The lowest BCUT2D eigenvalue weighted by atomic mass is 10.2. The Bertz CT molecular complexity index is 611. The van der Waals surface area contributed by atoms with E-state index < -0.39 is 11.8 Å². The molecule has 0 saturated carbocycles. The minimum Gasteiger partial charge on any atom is -0.478 e. The van der Waals surface area contributed by atoms with Crippen molar-refractivity contribution in [3.05, 3.63) is 48.8 Å². The molecule has 2 N–H and O–H groups in total. The van der Waals surface area contributed by atoms with Crippen molar-refractivity contribution in [1.82, 2.24) is 0 Å². The van der Waals surface area contributed by atoms with Gasteiger partial charge >= 0.3 is 5.97 Å². The fourth-order valence-electron chi connectivity index (χ4n) is 1.45. The van der Waals surface area contributed by atoms with Gasteiger partial charge in [-0.25, -0.2) is 9.18 Å². The zero-order chi connectivity index (χ0) is 14.0. The number of anilines is 1. The van der Waals surface area contributed by atoms with Crippen LogP contribution < -0.4 is 5.32 Å². The second-order valence-corrected chi connectivity index (χ2v) is 7.00. The van der Waals surface area contributed by atoms with Crippen molar-refractivity contribution >= 4 is 54.9 Å². The molecular formula is C12H8Br2FNO2S. The SMILES string of the molecule is O=C(O)c1ccc(F)c(NCc2cc(Br)c(Br)s2)c1. The number of carboxylic acid groups (broad SMARTS) is 1. The van der Waals surface area contributed by atoms with Crippen LogP contribution in [-0.2, 0) is 6.54 Å². The summed E-state index contributed by atoms with van der Waals surface area (Å²) in [6, 6.07) is 5.59. The van der Waals surface area contributed by atoms with Gasteiger partial charge in [0.2, 0.25) is 0 Å². The van der Waals surface area contributed by atoms with E-state index in [0.29, 0.717) is 6.54 Å². The van der Waals surface area contributed by atoms with Crippen molar-refractivity contribution in [1.29, 1.82) is 0 Å². The number of hydrogen-bond donors (Lipinski definition) is 2. The highest BCUT2D eigenvalue weighted by Crippen LogP contribution is 2.32. The number of halogens is 3. The summed E-state index contributed by atoms with van der Waals surface area (Å²) in [4.78, 5) is 11.8. The molecule has 3 nitrogen and oxygen atoms in total. The summed E-state index contributed by atoms with van der Waals surface area (Å²) in [6.45, 7) is 0.425. The minimum absolute atomic E-state index is 0.0532. The number of rotatable bonds is 4. The molecule has 0 aliphatic rings. The highest BCUT2D eigenvalue weighted by atomic mass is 79.9. The van der Waals surface area contributed by atoms with Gasteiger partial charge in [-0.15, -0.1) is 11.3 Å². The van der Waals surface area contributed by atoms with E-state index in [1.165, 1.54) is 23.5 Å². The first-order valence-electron chi connectivity index (χ1n) is 5.18. The van der Waals surface area contributed by atoms with Crippen LogP contribution in [0.3, 0.4) is 0 Å². The molecule has 7 heteroatoms. The van der Waals surface area contributed by atoms with Gasteiger partial charge in [-0.1, -0.05) is 0 Å². The summed E-state index contributed by atoms with van der Waals surface area (Å²) in [5, 5.41) is 11.8. The summed E-state index contributed by atoms with van der Waals surface area (Å²) >= 11 is 8.27. The number of hydrogen-bond acceptors (Lipinski definition) is 3. The van der Waals surface area contributed by atoms with Crippen LogP contribution in [0.25, 0.3) is 0 Å². The summed E-state index contributed by atoms with van der Waals surface area (Å²) in [5.41, 5.74) is 0.234. The molecule has 0 aliphatic heterocycles. The first kappa shape index (κ1) is 14.5. The molecule has 0 bridgehead atoms. The van der Waals surface area contributed by atoms with Crippen molar-refractivity contribution in [3.8, 4) is 0 Å². The molecule has 0 fully saturated rings. The largest absolute Gasteiger partial charge is 0.478 e. The monoisotopic (exact) mass is 407 g/mol. The van der Waals surface area contributed by atoms with Crippen LogP contribution in [0.1, 0.15) is 15.2 Å². The molecular weight excluding hydrogens is 401 g/mol. The number of nitrogens with one attached hydrogen (secondary N) is 1. The Balaban J connectivity index is 2.14. The third-order valence-electron chi connectivity index (χ3n) is 2.36. The van der Waals surface area contributed by atoms with E-state index in [2.05, 4.69) is 37.2 Å². The Morgan fingerprint density at radius 3 is 2.68 bits per heavy atom. The standard InChI is InChI=1S/C12H8Br2FNO2S/c13-8-4-7(19-11(8)14)5-16-10-3-6(12(17)18)1-2-9(10)15/h1-4,16H,5H2,(H,17,18). The third kappa shape index (κ3) is 3.55. The Kier molecular flexibility index (Phi) is 4.59. The molecule has 0 atom stereocenters. The van der Waals surface area contributed by atoms with Crippen molar-refractivity contribution in [2.24, 2.45) is 0 Å². The summed E-state index contributed by atoms with van der Waals surface area (Å²) < 4.78 is 15.5. The highest BCUT2D eigenvalue weighted by molar-refractivity contribution is 9.13. The fourth-order valence-corrected chi connectivity index (χ4v) is 3.57. The van der Waals surface area contributed by atoms with E-state index in [1.807, 2.05) is 6.07 Å². The Labute approximate surface area is 129 Å². The fraction of sp³-hybridized carbons (Fsp3) is 0.0833. The van der Waals surface area contributed by atoms with Crippen LogP contribution in [0.4, 0.5) is 10.1 Å². The molecule has 0 amide bonds. The van der Waals surface area contributed by atoms with Gasteiger partial charge in [-0.05, 0) is 56.1 Å². The molecule has 2 rings (SSSR count). The topological polar surface area (TPSA) is 49.3 Å². The molecule has 1 heterocycles. The summed E-state index contributed by atoms with van der Waals surface area (Å²) in [7, 11) is 0. The summed E-state index contributed by atoms with van der Waals surface area (Å²) in [5.74, 6) is -1.55. The second-order valence-electron chi connectivity index (χ2n) is 3.69. The van der Waals surface area contributed by atoms with Gasteiger partial charge in [0.15, 0.2) is 0 Å². The first-order chi connectivity index (χ1) is 8.97. The molecule has 1 aromatic carbocycles. The number of carboxylic acids is 1. The predicted molar refractivity (Wildman–Crippen MR) is 80.4 cm³/mol. The van der Waals surface area contributed by atoms with Gasteiger partial charge in [-0.2, -0.15) is 0 Å². The maximum Gasteiger partial charge on any atom is 0.335 e. The average Bonchev–Trinajstić information content (AvgIpc) is 2.67. The average molecular weight is 409 g/mol. The lowest BCUT2D eigenvalue weighted by molar-refractivity contribution is 0.0697. The smallest absolute Gasteiger partial charge is 0.335 e. The van der Waals surface area contributed by atoms with Gasteiger partial charge < -0.3 is 10.4 Å². The maximum atomic E-state index is 13.5. The summed E-state index contributed by atoms with van der Waals surface area (Å²) in [6.07, 6.45) is 0. The molecule has 0 aliphatic carbocycles. The van der Waals surface area contributed by atoms with Crippen molar-refractivity contribution in [2.75, 3.05) is 5.32 Å². The molecule has 0 spiro atoms. The zero-order valence-corrected chi connectivity index (χ0v) is 13.4. The van der Waals surface area contributed by atoms with Crippen LogP contribution in [0.5, 0.6) is 0 Å². The maximum absolute atomic E-state index is 13.5. The van der Waals surface area contributed by atoms with Crippen molar-refractivity contribution in [2.45, 2.75) is 6.54 Å². The predicted octanol–water partition coefficient (Wildman–Crippen LogP) is 4.72. The van der Waals surface area contributed by atoms with Crippen LogP contribution in [-0.4, -0.2) is 11.1 Å². The molecule has 19 heavy (non-hydrogen) atoms. The molecule has 0 radical (unpaired) electrons. The van der Waals surface area contributed by atoms with E-state index in [0.717, 1.165) is 19.2 Å². The van der Waals surface area contributed by atoms with Crippen molar-refractivity contribution in [3.63, 3.8) is 0 Å². The van der Waals surface area contributed by atoms with Gasteiger partial charge in [-0.3, -0.25) is 0 Å². The van der Waals surface area contributed by atoms with Gasteiger partial charge in [0.1, 0.15) is 5.82 Å². The van der Waals surface area contributed by atoms with Crippen LogP contribution in [0.15, 0.2) is 32.5 Å². The van der Waals surface area contributed by atoms with E-state index >= 15 is 0 Å². The highest BCUT2D eigenvalue weighted by Gasteiger charge is 2.09. The van der Waals surface area contributed by atoms with E-state index in [-0.39, 0.29) is 11.3 Å². The van der Waals surface area contributed by atoms with Gasteiger partial charge in [0, 0.05) is 15.9 Å². The normalized spacial score (nSPS) is 10.5. The zero-order valence-electron chi connectivity index (χ0n) is 9.41. The number of benzene rings is 1. The minimum atomic E-state index is -1.08. The van der Waals surface area contributed by atoms with E-state index in [9.17, 15) is 9.18 Å². The van der Waals surface area contributed by atoms with E-state index in [1.54, 1.807) is 0 Å². The number of aromatic carboxylic acids is 1. The van der Waals surface area contributed by atoms with Gasteiger partial charge in [0.05, 0.1) is 15.0 Å². The van der Waals surface area contributed by atoms with E-state index in [4.69, 9.17) is 5.11 Å². The molecule has 0 saturated heterocycles. The second kappa shape index (κ2) is 6.02. The van der Waals surface area contributed by atoms with Crippen LogP contribution >= 0.6 is 43.2 Å². The molecule has 100 valence electrons. The molecule has 2 aromatic rings. The molecule has 1 aromatic heterocycles. The molecule has 0 unspecified atom stereocenters. The lowest BCUT2D eigenvalue weighted by Gasteiger charge is -2.07. The quantitative estimate of drug-likeness (QED) is 0.769. The lowest BCUT2D eigenvalue weighted by Crippen LogP contribution is -2.03. The van der Waals surface area contributed by atoms with Gasteiger partial charge in [0.25, 0.3) is 0 Å². The van der Waals surface area contributed by atoms with Crippen LogP contribution in [0.2, 0.25) is 0 Å². The Morgan fingerprint density at radius 2 is 2.11 bits per heavy atom. The van der Waals surface area contributed by atoms with Crippen LogP contribution in [0, 0.1) is 5.82 Å². The Morgan fingerprint density at radius 1 is 1.37 bits per heavy atom. The van der Waals surface area contributed by atoms with Crippen molar-refractivity contribution < 1.29 is 14.3 Å². The number of thiophene rings is 1. The number of carbonyl (C=O) groups is 1. The third-order valence-corrected chi connectivity index (χ3v) is 5.62. The first-order valence-corrected chi connectivity index (χ1v) is 7.58.